The zero-order chi connectivity index (χ0) is 17.4. The molecule has 0 unspecified atom stereocenters. The van der Waals surface area contributed by atoms with Gasteiger partial charge < -0.3 is 14.0 Å². The van der Waals surface area contributed by atoms with Gasteiger partial charge in [0, 0.05) is 26.2 Å². The van der Waals surface area contributed by atoms with Gasteiger partial charge in [0.2, 0.25) is 5.78 Å². The van der Waals surface area contributed by atoms with Crippen LogP contribution in [0.2, 0.25) is 0 Å². The second-order valence-corrected chi connectivity index (χ2v) is 6.27. The number of ether oxygens (including phenoxy) is 2. The molecule has 7 nitrogen and oxygen atoms in total. The summed E-state index contributed by atoms with van der Waals surface area (Å²) in [5.74, 6) is 0.424. The van der Waals surface area contributed by atoms with Crippen molar-refractivity contribution in [3.05, 3.63) is 35.7 Å². The Balaban J connectivity index is 1.80. The molecule has 1 aliphatic rings. The van der Waals surface area contributed by atoms with Gasteiger partial charge in [0.1, 0.15) is 0 Å². The predicted octanol–water partition coefficient (Wildman–Crippen LogP) is 1.72. The van der Waals surface area contributed by atoms with Gasteiger partial charge in [-0.1, -0.05) is 12.1 Å². The minimum atomic E-state index is -0.360. The van der Waals surface area contributed by atoms with Crippen LogP contribution in [0.5, 0.6) is 0 Å². The third-order valence-corrected chi connectivity index (χ3v) is 4.81. The molecule has 7 heteroatoms. The van der Waals surface area contributed by atoms with Crippen LogP contribution in [-0.4, -0.2) is 64.8 Å². The highest BCUT2D eigenvalue weighted by molar-refractivity contribution is 5.93. The molecule has 0 radical (unpaired) electrons. The number of hydrogen-bond acceptors (Lipinski definition) is 5. The van der Waals surface area contributed by atoms with Crippen LogP contribution in [0.15, 0.2) is 24.3 Å². The lowest BCUT2D eigenvalue weighted by atomic mass is 10.3. The molecule has 0 amide bonds. The van der Waals surface area contributed by atoms with Crippen molar-refractivity contribution in [2.45, 2.75) is 13.5 Å². The molecule has 1 saturated heterocycles. The average Bonchev–Trinajstić information content (AvgIpc) is 3.13. The van der Waals surface area contributed by atoms with Gasteiger partial charge in [-0.25, -0.2) is 9.78 Å². The quantitative estimate of drug-likeness (QED) is 0.676. The number of carbonyl (C=O) groups is 1. The molecule has 3 aromatic rings. The predicted molar refractivity (Wildman–Crippen MR) is 94.0 cm³/mol. The molecule has 2 aromatic heterocycles. The maximum atomic E-state index is 12.3. The SMILES string of the molecule is COC(=O)c1c(C)nc2n(CCN3CCOCC3)c3ccccc3n12. The van der Waals surface area contributed by atoms with Crippen molar-refractivity contribution in [2.24, 2.45) is 0 Å². The summed E-state index contributed by atoms with van der Waals surface area (Å²) in [6.45, 7) is 7.08. The number of rotatable bonds is 4. The molecule has 4 rings (SSSR count). The fourth-order valence-corrected chi connectivity index (χ4v) is 3.54. The van der Waals surface area contributed by atoms with E-state index < -0.39 is 0 Å². The van der Waals surface area contributed by atoms with Gasteiger partial charge in [0.05, 0.1) is 37.1 Å². The normalized spacial score (nSPS) is 15.9. The van der Waals surface area contributed by atoms with E-state index >= 15 is 0 Å². The van der Waals surface area contributed by atoms with Gasteiger partial charge in [-0.3, -0.25) is 9.30 Å². The van der Waals surface area contributed by atoms with Crippen LogP contribution in [-0.2, 0) is 16.0 Å². The first-order valence-electron chi connectivity index (χ1n) is 8.55. The minimum absolute atomic E-state index is 0.360. The minimum Gasteiger partial charge on any atom is -0.464 e. The number of aromatic nitrogens is 3. The van der Waals surface area contributed by atoms with E-state index in [9.17, 15) is 4.79 Å². The molecule has 0 saturated carbocycles. The Bertz CT molecular complexity index is 921. The zero-order valence-electron chi connectivity index (χ0n) is 14.6. The average molecular weight is 342 g/mol. The summed E-state index contributed by atoms with van der Waals surface area (Å²) in [6, 6.07) is 8.07. The van der Waals surface area contributed by atoms with Gasteiger partial charge in [-0.05, 0) is 19.1 Å². The number of imidazole rings is 2. The first-order chi connectivity index (χ1) is 12.2. The summed E-state index contributed by atoms with van der Waals surface area (Å²) in [5.41, 5.74) is 3.23. The summed E-state index contributed by atoms with van der Waals surface area (Å²) in [6.07, 6.45) is 0. The fourth-order valence-electron chi connectivity index (χ4n) is 3.54. The van der Waals surface area contributed by atoms with Crippen LogP contribution in [0.1, 0.15) is 16.2 Å². The lowest BCUT2D eigenvalue weighted by molar-refractivity contribution is 0.0366. The molecular weight excluding hydrogens is 320 g/mol. The first kappa shape index (κ1) is 16.1. The molecule has 1 fully saturated rings. The van der Waals surface area contributed by atoms with Crippen LogP contribution >= 0.6 is 0 Å². The van der Waals surface area contributed by atoms with Gasteiger partial charge in [0.25, 0.3) is 0 Å². The molecule has 0 N–H and O–H groups in total. The van der Waals surface area contributed by atoms with E-state index in [1.165, 1.54) is 7.11 Å². The number of benzene rings is 1. The van der Waals surface area contributed by atoms with Crippen molar-refractivity contribution in [3.63, 3.8) is 0 Å². The second-order valence-electron chi connectivity index (χ2n) is 6.27. The Morgan fingerprint density at radius 2 is 1.92 bits per heavy atom. The van der Waals surface area contributed by atoms with E-state index in [2.05, 4.69) is 20.5 Å². The van der Waals surface area contributed by atoms with E-state index in [0.717, 1.165) is 56.2 Å². The monoisotopic (exact) mass is 342 g/mol. The van der Waals surface area contributed by atoms with E-state index in [1.807, 2.05) is 29.5 Å². The van der Waals surface area contributed by atoms with Gasteiger partial charge in [-0.15, -0.1) is 0 Å². The van der Waals surface area contributed by atoms with Gasteiger partial charge in [-0.2, -0.15) is 0 Å². The molecule has 0 bridgehead atoms. The Labute approximate surface area is 145 Å². The van der Waals surface area contributed by atoms with Crippen LogP contribution in [0.4, 0.5) is 0 Å². The number of esters is 1. The Kier molecular flexibility index (Phi) is 4.19. The number of nitrogens with zero attached hydrogens (tertiary/aromatic N) is 4. The number of morpholine rings is 1. The van der Waals surface area contributed by atoms with Crippen LogP contribution in [0, 0.1) is 6.92 Å². The number of methoxy groups -OCH3 is 1. The largest absolute Gasteiger partial charge is 0.464 e. The molecule has 0 atom stereocenters. The third-order valence-electron chi connectivity index (χ3n) is 4.81. The highest BCUT2D eigenvalue weighted by Gasteiger charge is 2.23. The van der Waals surface area contributed by atoms with E-state index in [-0.39, 0.29) is 5.97 Å². The van der Waals surface area contributed by atoms with Crippen molar-refractivity contribution in [3.8, 4) is 0 Å². The van der Waals surface area contributed by atoms with E-state index in [0.29, 0.717) is 11.4 Å². The van der Waals surface area contributed by atoms with Crippen molar-refractivity contribution >= 4 is 22.8 Å². The smallest absolute Gasteiger partial charge is 0.357 e. The summed E-state index contributed by atoms with van der Waals surface area (Å²) >= 11 is 0. The highest BCUT2D eigenvalue weighted by Crippen LogP contribution is 2.24. The number of carbonyl (C=O) groups excluding carboxylic acids is 1. The van der Waals surface area contributed by atoms with Crippen molar-refractivity contribution in [1.29, 1.82) is 0 Å². The van der Waals surface area contributed by atoms with E-state index in [1.54, 1.807) is 0 Å². The van der Waals surface area contributed by atoms with Crippen molar-refractivity contribution in [2.75, 3.05) is 40.0 Å². The van der Waals surface area contributed by atoms with Crippen LogP contribution in [0.3, 0.4) is 0 Å². The number of aryl methyl sites for hydroxylation is 1. The first-order valence-corrected chi connectivity index (χ1v) is 8.55. The molecule has 0 spiro atoms. The van der Waals surface area contributed by atoms with Crippen LogP contribution < -0.4 is 0 Å². The summed E-state index contributed by atoms with van der Waals surface area (Å²) in [5, 5.41) is 0. The molecule has 132 valence electrons. The van der Waals surface area contributed by atoms with Crippen molar-refractivity contribution < 1.29 is 14.3 Å². The zero-order valence-corrected chi connectivity index (χ0v) is 14.6. The van der Waals surface area contributed by atoms with Gasteiger partial charge in [0.15, 0.2) is 5.69 Å². The molecule has 3 heterocycles. The van der Waals surface area contributed by atoms with Crippen molar-refractivity contribution in [1.82, 2.24) is 18.9 Å². The summed E-state index contributed by atoms with van der Waals surface area (Å²) < 4.78 is 14.5. The fraction of sp³-hybridized carbons (Fsp3) is 0.444. The number of hydrogen-bond donors (Lipinski definition) is 0. The van der Waals surface area contributed by atoms with Gasteiger partial charge >= 0.3 is 5.97 Å². The molecular formula is C18H22N4O3. The highest BCUT2D eigenvalue weighted by atomic mass is 16.5. The summed E-state index contributed by atoms with van der Waals surface area (Å²) in [7, 11) is 1.40. The molecule has 1 aromatic carbocycles. The summed E-state index contributed by atoms with van der Waals surface area (Å²) in [4.78, 5) is 19.3. The topological polar surface area (TPSA) is 61.0 Å². The molecule has 25 heavy (non-hydrogen) atoms. The Morgan fingerprint density at radius 1 is 1.20 bits per heavy atom. The standard InChI is InChI=1S/C18H22N4O3/c1-13-16(17(23)24-2)22-15-6-4-3-5-14(15)21(18(22)19-13)8-7-20-9-11-25-12-10-20/h3-6H,7-12H2,1-2H3. The molecule has 1 aliphatic heterocycles. The second kappa shape index (κ2) is 6.50. The Hall–Kier alpha value is -2.38. The Morgan fingerprint density at radius 3 is 2.64 bits per heavy atom. The number of para-hydroxylation sites is 2. The number of fused-ring (bicyclic) bond motifs is 3. The van der Waals surface area contributed by atoms with Crippen LogP contribution in [0.25, 0.3) is 16.8 Å². The van der Waals surface area contributed by atoms with E-state index in [4.69, 9.17) is 9.47 Å². The lowest BCUT2D eigenvalue weighted by Crippen LogP contribution is -2.38. The molecule has 0 aliphatic carbocycles. The maximum absolute atomic E-state index is 12.3. The lowest BCUT2D eigenvalue weighted by Gasteiger charge is -2.26. The third kappa shape index (κ3) is 2.69. The maximum Gasteiger partial charge on any atom is 0.357 e.